The van der Waals surface area contributed by atoms with Crippen LogP contribution in [0.5, 0.6) is 0 Å². The number of hydrogen-bond donors (Lipinski definition) is 1. The summed E-state index contributed by atoms with van der Waals surface area (Å²) in [5, 5.41) is 12.3. The molecule has 26 heavy (non-hydrogen) atoms. The van der Waals surface area contributed by atoms with Gasteiger partial charge in [0.25, 0.3) is 0 Å². The molecular formula is C17H22N4O3S2. The van der Waals surface area contributed by atoms with Gasteiger partial charge >= 0.3 is 0 Å². The van der Waals surface area contributed by atoms with E-state index in [4.69, 9.17) is 0 Å². The molecule has 1 N–H and O–H groups in total. The van der Waals surface area contributed by atoms with Gasteiger partial charge in [-0.05, 0) is 25.3 Å². The topological polar surface area (TPSA) is 92.3 Å². The third-order valence-electron chi connectivity index (χ3n) is 4.48. The number of nitrogens with one attached hydrogen (secondary N) is 1. The van der Waals surface area contributed by atoms with E-state index in [0.29, 0.717) is 37.5 Å². The molecule has 9 heteroatoms. The van der Waals surface area contributed by atoms with E-state index in [1.165, 1.54) is 15.6 Å². The Kier molecular flexibility index (Phi) is 6.00. The maximum atomic E-state index is 12.4. The maximum absolute atomic E-state index is 12.4. The van der Waals surface area contributed by atoms with Gasteiger partial charge in [-0.2, -0.15) is 0 Å². The highest BCUT2D eigenvalue weighted by molar-refractivity contribution is 7.89. The quantitative estimate of drug-likeness (QED) is 0.810. The van der Waals surface area contributed by atoms with Crippen LogP contribution in [0.15, 0.2) is 30.3 Å². The molecule has 7 nitrogen and oxygen atoms in total. The van der Waals surface area contributed by atoms with E-state index >= 15 is 0 Å². The zero-order chi connectivity index (χ0) is 18.6. The van der Waals surface area contributed by atoms with Gasteiger partial charge in [0.2, 0.25) is 21.1 Å². The summed E-state index contributed by atoms with van der Waals surface area (Å²) in [5.41, 5.74) is 1.14. The Balaban J connectivity index is 1.53. The van der Waals surface area contributed by atoms with Crippen molar-refractivity contribution in [3.05, 3.63) is 40.9 Å². The molecule has 1 aromatic carbocycles. The number of rotatable bonds is 6. The molecule has 1 fully saturated rings. The Morgan fingerprint density at radius 1 is 1.23 bits per heavy atom. The van der Waals surface area contributed by atoms with Crippen molar-refractivity contribution in [2.75, 3.05) is 24.2 Å². The number of carbonyl (C=O) groups excluding carboxylic acids is 1. The summed E-state index contributed by atoms with van der Waals surface area (Å²) in [5.74, 6) is -0.209. The van der Waals surface area contributed by atoms with Gasteiger partial charge in [0.05, 0.1) is 5.75 Å². The molecule has 1 aliphatic heterocycles. The molecule has 1 aliphatic rings. The fourth-order valence-corrected chi connectivity index (χ4v) is 4.84. The van der Waals surface area contributed by atoms with Crippen LogP contribution in [0.25, 0.3) is 0 Å². The minimum absolute atomic E-state index is 0.0961. The third kappa shape index (κ3) is 4.66. The Bertz CT molecular complexity index is 844. The van der Waals surface area contributed by atoms with E-state index in [9.17, 15) is 13.2 Å². The smallest absolute Gasteiger partial charge is 0.229 e. The number of aromatic nitrogens is 2. The summed E-state index contributed by atoms with van der Waals surface area (Å²) in [7, 11) is -3.17. The molecule has 0 spiro atoms. The van der Waals surface area contributed by atoms with Crippen molar-refractivity contribution in [1.29, 1.82) is 0 Å². The van der Waals surface area contributed by atoms with Gasteiger partial charge in [0, 0.05) is 25.4 Å². The molecule has 2 heterocycles. The lowest BCUT2D eigenvalue weighted by Crippen LogP contribution is -2.42. The number of carbonyl (C=O) groups is 1. The van der Waals surface area contributed by atoms with Gasteiger partial charge in [-0.15, -0.1) is 10.2 Å². The summed E-state index contributed by atoms with van der Waals surface area (Å²) in [6.45, 7) is 2.42. The number of benzene rings is 1. The minimum atomic E-state index is -3.17. The second-order valence-electron chi connectivity index (χ2n) is 6.23. The van der Waals surface area contributed by atoms with Gasteiger partial charge in [-0.25, -0.2) is 12.7 Å². The Morgan fingerprint density at radius 2 is 1.92 bits per heavy atom. The average Bonchev–Trinajstić information content (AvgIpc) is 3.09. The first-order valence-corrected chi connectivity index (χ1v) is 11.1. The molecule has 140 valence electrons. The SMILES string of the molecule is CCS(=O)(=O)N1CCC(C(=O)Nc2nnc(Cc3ccccc3)s2)CC1. The predicted octanol–water partition coefficient (Wildman–Crippen LogP) is 2.13. The van der Waals surface area contributed by atoms with Crippen molar-refractivity contribution in [1.82, 2.24) is 14.5 Å². The maximum Gasteiger partial charge on any atom is 0.229 e. The second-order valence-corrected chi connectivity index (χ2v) is 9.55. The molecule has 0 atom stereocenters. The van der Waals surface area contributed by atoms with E-state index in [0.717, 1.165) is 10.6 Å². The standard InChI is InChI=1S/C17H22N4O3S2/c1-2-26(23,24)21-10-8-14(9-11-21)16(22)18-17-20-19-15(25-17)12-13-6-4-3-5-7-13/h3-7,14H,2,8-12H2,1H3,(H,18,20,22). The van der Waals surface area contributed by atoms with Crippen molar-refractivity contribution >= 4 is 32.4 Å². The van der Waals surface area contributed by atoms with Crippen LogP contribution in [0.3, 0.4) is 0 Å². The summed E-state index contributed by atoms with van der Waals surface area (Å²) in [4.78, 5) is 12.4. The largest absolute Gasteiger partial charge is 0.300 e. The van der Waals surface area contributed by atoms with Crippen molar-refractivity contribution in [2.45, 2.75) is 26.2 Å². The number of nitrogens with zero attached hydrogens (tertiary/aromatic N) is 3. The van der Waals surface area contributed by atoms with Crippen LogP contribution >= 0.6 is 11.3 Å². The van der Waals surface area contributed by atoms with Gasteiger partial charge < -0.3 is 5.32 Å². The van der Waals surface area contributed by atoms with Crippen molar-refractivity contribution in [2.24, 2.45) is 5.92 Å². The van der Waals surface area contributed by atoms with E-state index in [1.807, 2.05) is 30.3 Å². The zero-order valence-corrected chi connectivity index (χ0v) is 16.2. The molecule has 0 bridgehead atoms. The van der Waals surface area contributed by atoms with Crippen LogP contribution in [0, 0.1) is 5.92 Å². The van der Waals surface area contributed by atoms with Crippen molar-refractivity contribution in [3.8, 4) is 0 Å². The lowest BCUT2D eigenvalue weighted by atomic mass is 9.97. The zero-order valence-electron chi connectivity index (χ0n) is 14.6. The van der Waals surface area contributed by atoms with E-state index in [1.54, 1.807) is 6.92 Å². The highest BCUT2D eigenvalue weighted by Crippen LogP contribution is 2.23. The highest BCUT2D eigenvalue weighted by atomic mass is 32.2. The predicted molar refractivity (Wildman–Crippen MR) is 102 cm³/mol. The lowest BCUT2D eigenvalue weighted by molar-refractivity contribution is -0.120. The monoisotopic (exact) mass is 394 g/mol. The number of sulfonamides is 1. The normalized spacial score (nSPS) is 16.5. The van der Waals surface area contributed by atoms with Crippen LogP contribution in [0.2, 0.25) is 0 Å². The van der Waals surface area contributed by atoms with Crippen LogP contribution < -0.4 is 5.32 Å². The molecule has 1 saturated heterocycles. The van der Waals surface area contributed by atoms with Gasteiger partial charge in [-0.3, -0.25) is 4.79 Å². The van der Waals surface area contributed by atoms with E-state index < -0.39 is 10.0 Å². The number of anilines is 1. The Morgan fingerprint density at radius 3 is 2.58 bits per heavy atom. The summed E-state index contributed by atoms with van der Waals surface area (Å²) < 4.78 is 25.2. The molecule has 2 aromatic rings. The van der Waals surface area contributed by atoms with Gasteiger partial charge in [-0.1, -0.05) is 41.7 Å². The number of hydrogen-bond acceptors (Lipinski definition) is 6. The van der Waals surface area contributed by atoms with Gasteiger partial charge in [0.15, 0.2) is 0 Å². The minimum Gasteiger partial charge on any atom is -0.300 e. The molecule has 0 saturated carbocycles. The van der Waals surface area contributed by atoms with E-state index in [2.05, 4.69) is 15.5 Å². The molecule has 0 unspecified atom stereocenters. The molecular weight excluding hydrogens is 372 g/mol. The lowest BCUT2D eigenvalue weighted by Gasteiger charge is -2.29. The number of piperidine rings is 1. The van der Waals surface area contributed by atoms with Crippen molar-refractivity contribution in [3.63, 3.8) is 0 Å². The van der Waals surface area contributed by atoms with Gasteiger partial charge in [0.1, 0.15) is 5.01 Å². The van der Waals surface area contributed by atoms with Crippen LogP contribution in [-0.2, 0) is 21.2 Å². The van der Waals surface area contributed by atoms with Crippen molar-refractivity contribution < 1.29 is 13.2 Å². The average molecular weight is 395 g/mol. The molecule has 1 aromatic heterocycles. The third-order valence-corrected chi connectivity index (χ3v) is 7.20. The van der Waals surface area contributed by atoms with Crippen LogP contribution in [0.1, 0.15) is 30.3 Å². The second kappa shape index (κ2) is 8.24. The fourth-order valence-electron chi connectivity index (χ4n) is 2.93. The molecule has 3 rings (SSSR count). The molecule has 0 radical (unpaired) electrons. The summed E-state index contributed by atoms with van der Waals surface area (Å²) in [6, 6.07) is 9.97. The fraction of sp³-hybridized carbons (Fsp3) is 0.471. The molecule has 1 amide bonds. The first kappa shape index (κ1) is 18.9. The first-order chi connectivity index (χ1) is 12.5. The number of amides is 1. The highest BCUT2D eigenvalue weighted by Gasteiger charge is 2.30. The van der Waals surface area contributed by atoms with E-state index in [-0.39, 0.29) is 17.6 Å². The first-order valence-electron chi connectivity index (χ1n) is 8.63. The summed E-state index contributed by atoms with van der Waals surface area (Å²) in [6.07, 6.45) is 1.74. The Hall–Kier alpha value is -1.84. The summed E-state index contributed by atoms with van der Waals surface area (Å²) >= 11 is 1.37. The molecule has 0 aliphatic carbocycles. The Labute approximate surface area is 157 Å². The van der Waals surface area contributed by atoms with Crippen LogP contribution in [-0.4, -0.2) is 47.7 Å². The van der Waals surface area contributed by atoms with Crippen LogP contribution in [0.4, 0.5) is 5.13 Å².